The van der Waals surface area contributed by atoms with Crippen molar-refractivity contribution in [2.24, 2.45) is 10.8 Å². The van der Waals surface area contributed by atoms with Gasteiger partial charge in [0.1, 0.15) is 0 Å². The zero-order valence-electron chi connectivity index (χ0n) is 14.3. The van der Waals surface area contributed by atoms with Crippen molar-refractivity contribution in [2.45, 2.75) is 83.6 Å². The molecule has 0 aromatic carbocycles. The maximum Gasteiger partial charge on any atom is 0.222 e. The minimum atomic E-state index is 0.115. The largest absolute Gasteiger partial charge is 0.339 e. The van der Waals surface area contributed by atoms with Crippen molar-refractivity contribution in [3.05, 3.63) is 0 Å². The van der Waals surface area contributed by atoms with Crippen LogP contribution in [0.3, 0.4) is 0 Å². The smallest absolute Gasteiger partial charge is 0.222 e. The molecular formula is C17H32INO. The molecule has 2 nitrogen and oxygen atoms in total. The van der Waals surface area contributed by atoms with Gasteiger partial charge in [-0.25, -0.2) is 0 Å². The Morgan fingerprint density at radius 3 is 2.10 bits per heavy atom. The van der Waals surface area contributed by atoms with Crippen molar-refractivity contribution in [3.8, 4) is 0 Å². The zero-order valence-corrected chi connectivity index (χ0v) is 16.5. The number of nitrogens with zero attached hydrogens (tertiary/aromatic N) is 1. The number of rotatable bonds is 6. The molecule has 118 valence electrons. The maximum atomic E-state index is 12.3. The topological polar surface area (TPSA) is 20.3 Å². The Morgan fingerprint density at radius 2 is 1.75 bits per heavy atom. The quantitative estimate of drug-likeness (QED) is 0.457. The highest BCUT2D eigenvalue weighted by Gasteiger charge is 2.47. The van der Waals surface area contributed by atoms with Gasteiger partial charge in [-0.2, -0.15) is 0 Å². The fraction of sp³-hybridized carbons (Fsp3) is 0.941. The third-order valence-corrected chi connectivity index (χ3v) is 6.07. The van der Waals surface area contributed by atoms with Gasteiger partial charge in [-0.1, -0.05) is 77.5 Å². The van der Waals surface area contributed by atoms with E-state index in [0.29, 0.717) is 11.9 Å². The van der Waals surface area contributed by atoms with Crippen molar-refractivity contribution < 1.29 is 4.79 Å². The number of amides is 1. The van der Waals surface area contributed by atoms with Gasteiger partial charge in [0.2, 0.25) is 5.91 Å². The van der Waals surface area contributed by atoms with Crippen LogP contribution >= 0.6 is 22.6 Å². The summed E-state index contributed by atoms with van der Waals surface area (Å²) in [6.45, 7) is 17.2. The van der Waals surface area contributed by atoms with E-state index in [-0.39, 0.29) is 14.3 Å². The second kappa shape index (κ2) is 6.13. The monoisotopic (exact) mass is 393 g/mol. The van der Waals surface area contributed by atoms with Crippen LogP contribution in [0, 0.1) is 10.8 Å². The van der Waals surface area contributed by atoms with Crippen LogP contribution in [0.5, 0.6) is 0 Å². The lowest BCUT2D eigenvalue weighted by molar-refractivity contribution is -0.134. The van der Waals surface area contributed by atoms with E-state index in [0.717, 1.165) is 32.2 Å². The van der Waals surface area contributed by atoms with Gasteiger partial charge in [0.25, 0.3) is 0 Å². The van der Waals surface area contributed by atoms with Gasteiger partial charge in [0.15, 0.2) is 0 Å². The molecule has 20 heavy (non-hydrogen) atoms. The molecule has 1 amide bonds. The van der Waals surface area contributed by atoms with Gasteiger partial charge in [-0.3, -0.25) is 4.79 Å². The molecule has 1 saturated heterocycles. The summed E-state index contributed by atoms with van der Waals surface area (Å²) in [6.07, 6.45) is 3.97. The molecule has 1 rings (SSSR count). The van der Waals surface area contributed by atoms with Gasteiger partial charge >= 0.3 is 0 Å². The highest BCUT2D eigenvalue weighted by Crippen LogP contribution is 2.49. The molecule has 0 aromatic rings. The van der Waals surface area contributed by atoms with E-state index in [4.69, 9.17) is 0 Å². The van der Waals surface area contributed by atoms with Gasteiger partial charge in [0.05, 0.1) is 0 Å². The number of likely N-dealkylation sites (tertiary alicyclic amines) is 1. The Morgan fingerprint density at radius 1 is 1.20 bits per heavy atom. The molecule has 0 bridgehead atoms. The molecule has 0 N–H and O–H groups in total. The summed E-state index contributed by atoms with van der Waals surface area (Å²) in [7, 11) is 0. The first kappa shape index (κ1) is 18.2. The maximum absolute atomic E-state index is 12.3. The van der Waals surface area contributed by atoms with E-state index in [1.807, 2.05) is 0 Å². The van der Waals surface area contributed by atoms with Crippen LogP contribution in [0.25, 0.3) is 0 Å². The third-order valence-electron chi connectivity index (χ3n) is 5.63. The van der Waals surface area contributed by atoms with Gasteiger partial charge in [-0.05, 0) is 23.7 Å². The normalized spacial score (nSPS) is 19.6. The Balaban J connectivity index is 3.13. The summed E-state index contributed by atoms with van der Waals surface area (Å²) >= 11 is 2.53. The van der Waals surface area contributed by atoms with Gasteiger partial charge in [0, 0.05) is 22.4 Å². The van der Waals surface area contributed by atoms with Crippen LogP contribution in [0.4, 0.5) is 0 Å². The molecule has 0 saturated carbocycles. The molecule has 1 aliphatic heterocycles. The lowest BCUT2D eigenvalue weighted by Crippen LogP contribution is -2.53. The molecule has 1 heterocycles. The Bertz CT molecular complexity index is 354. The first-order valence-electron chi connectivity index (χ1n) is 7.91. The molecule has 0 aromatic heterocycles. The van der Waals surface area contributed by atoms with Crippen LogP contribution in [0.1, 0.15) is 74.1 Å². The molecule has 0 spiro atoms. The van der Waals surface area contributed by atoms with E-state index in [9.17, 15) is 4.79 Å². The average Bonchev–Trinajstić information content (AvgIpc) is 2.70. The van der Waals surface area contributed by atoms with Crippen LogP contribution < -0.4 is 0 Å². The number of carbonyl (C=O) groups excluding carboxylic acids is 1. The first-order valence-corrected chi connectivity index (χ1v) is 8.98. The summed E-state index contributed by atoms with van der Waals surface area (Å²) in [6, 6.07) is 0.333. The van der Waals surface area contributed by atoms with Crippen molar-refractivity contribution >= 4 is 28.5 Å². The van der Waals surface area contributed by atoms with Crippen LogP contribution in [0.15, 0.2) is 0 Å². The number of carbonyl (C=O) groups is 1. The Hall–Kier alpha value is 0.200. The molecule has 0 aliphatic carbocycles. The fourth-order valence-electron chi connectivity index (χ4n) is 3.12. The lowest BCUT2D eigenvalue weighted by Gasteiger charge is -2.51. The Labute approximate surface area is 139 Å². The van der Waals surface area contributed by atoms with Crippen molar-refractivity contribution in [2.75, 3.05) is 6.54 Å². The summed E-state index contributed by atoms with van der Waals surface area (Å²) in [4.78, 5) is 14.5. The summed E-state index contributed by atoms with van der Waals surface area (Å²) in [5.74, 6) is 0.357. The Kier molecular flexibility index (Phi) is 5.60. The first-order chi connectivity index (χ1) is 8.92. The molecule has 1 atom stereocenters. The molecule has 1 unspecified atom stereocenters. The van der Waals surface area contributed by atoms with Crippen molar-refractivity contribution in [1.82, 2.24) is 4.90 Å². The minimum Gasteiger partial charge on any atom is -0.339 e. The standard InChI is InChI=1S/C17H32INO/c1-8-15(2,3)17(6,7)13(12-16(4,5)18)19-11-9-10-14(19)20/h13H,8-12H2,1-7H3. The number of halogens is 1. The number of hydrogen-bond acceptors (Lipinski definition) is 1. The predicted molar refractivity (Wildman–Crippen MR) is 95.3 cm³/mol. The second-order valence-corrected chi connectivity index (χ2v) is 11.0. The van der Waals surface area contributed by atoms with Gasteiger partial charge < -0.3 is 4.90 Å². The highest BCUT2D eigenvalue weighted by atomic mass is 127. The SMILES string of the molecule is CCC(C)(C)C(C)(C)C(CC(C)(C)I)N1CCCC1=O. The third kappa shape index (κ3) is 3.89. The van der Waals surface area contributed by atoms with Crippen molar-refractivity contribution in [1.29, 1.82) is 0 Å². The minimum absolute atomic E-state index is 0.115. The van der Waals surface area contributed by atoms with Gasteiger partial charge in [-0.15, -0.1) is 0 Å². The fourth-order valence-corrected chi connectivity index (χ4v) is 3.54. The lowest BCUT2D eigenvalue weighted by atomic mass is 9.61. The molecule has 3 heteroatoms. The summed E-state index contributed by atoms with van der Waals surface area (Å²) in [5, 5.41) is 0. The van der Waals surface area contributed by atoms with E-state index < -0.39 is 0 Å². The van der Waals surface area contributed by atoms with Crippen LogP contribution in [-0.4, -0.2) is 26.8 Å². The van der Waals surface area contributed by atoms with E-state index in [1.165, 1.54) is 0 Å². The molecule has 1 aliphatic rings. The summed E-state index contributed by atoms with van der Waals surface area (Å²) < 4.78 is 0.215. The number of hydrogen-bond donors (Lipinski definition) is 0. The average molecular weight is 393 g/mol. The second-order valence-electron chi connectivity index (χ2n) is 8.09. The molecule has 0 radical (unpaired) electrons. The van der Waals surface area contributed by atoms with E-state index >= 15 is 0 Å². The van der Waals surface area contributed by atoms with Crippen LogP contribution in [0.2, 0.25) is 0 Å². The van der Waals surface area contributed by atoms with Crippen molar-refractivity contribution in [3.63, 3.8) is 0 Å². The predicted octanol–water partition coefficient (Wildman–Crippen LogP) is 5.04. The molecule has 1 fully saturated rings. The zero-order chi connectivity index (χ0) is 15.8. The molecular weight excluding hydrogens is 361 g/mol. The van der Waals surface area contributed by atoms with E-state index in [1.54, 1.807) is 0 Å². The summed E-state index contributed by atoms with van der Waals surface area (Å²) in [5.41, 5.74) is 0.340. The highest BCUT2D eigenvalue weighted by molar-refractivity contribution is 14.1. The van der Waals surface area contributed by atoms with E-state index in [2.05, 4.69) is 76.0 Å². The number of alkyl halides is 1. The van der Waals surface area contributed by atoms with Crippen LogP contribution in [-0.2, 0) is 4.79 Å².